The summed E-state index contributed by atoms with van der Waals surface area (Å²) in [5.41, 5.74) is 1.69. The Morgan fingerprint density at radius 2 is 1.81 bits per heavy atom. The van der Waals surface area contributed by atoms with Crippen LogP contribution in [0.15, 0.2) is 47.4 Å². The predicted octanol–water partition coefficient (Wildman–Crippen LogP) is 2.21. The maximum atomic E-state index is 12.7. The van der Waals surface area contributed by atoms with Crippen LogP contribution in [0.3, 0.4) is 0 Å². The lowest BCUT2D eigenvalue weighted by Crippen LogP contribution is -2.34. The summed E-state index contributed by atoms with van der Waals surface area (Å²) >= 11 is 0. The molecule has 7 nitrogen and oxygen atoms in total. The van der Waals surface area contributed by atoms with Crippen LogP contribution in [0.2, 0.25) is 0 Å². The molecule has 140 valence electrons. The second kappa shape index (κ2) is 6.81. The van der Waals surface area contributed by atoms with Gasteiger partial charge < -0.3 is 4.74 Å². The third-order valence-corrected chi connectivity index (χ3v) is 6.77. The molecule has 3 rings (SSSR count). The maximum Gasteiger partial charge on any atom is 0.265 e. The number of nitrogens with one attached hydrogen (secondary N) is 1. The zero-order chi connectivity index (χ0) is 18.9. The molecule has 1 heterocycles. The third-order valence-electron chi connectivity index (χ3n) is 4.17. The van der Waals surface area contributed by atoms with Crippen molar-refractivity contribution < 1.29 is 21.6 Å². The SMILES string of the molecule is COc1ccccc1S(=O)(=O)Nc1ccc2c(c1)N(S(C)(=O)=O)CCC2. The van der Waals surface area contributed by atoms with Gasteiger partial charge in [0.1, 0.15) is 10.6 Å². The summed E-state index contributed by atoms with van der Waals surface area (Å²) in [6.45, 7) is 0.383. The minimum atomic E-state index is -3.88. The fourth-order valence-corrected chi connectivity index (χ4v) is 5.21. The van der Waals surface area contributed by atoms with E-state index in [1.54, 1.807) is 36.4 Å². The number of fused-ring (bicyclic) bond motifs is 1. The Morgan fingerprint density at radius 1 is 1.08 bits per heavy atom. The summed E-state index contributed by atoms with van der Waals surface area (Å²) in [5, 5.41) is 0. The zero-order valence-electron chi connectivity index (χ0n) is 14.5. The summed E-state index contributed by atoms with van der Waals surface area (Å²) in [7, 11) is -5.90. The van der Waals surface area contributed by atoms with E-state index in [1.165, 1.54) is 17.5 Å². The van der Waals surface area contributed by atoms with Crippen LogP contribution in [-0.2, 0) is 26.5 Å². The second-order valence-corrected chi connectivity index (χ2v) is 9.60. The smallest absolute Gasteiger partial charge is 0.265 e. The monoisotopic (exact) mass is 396 g/mol. The van der Waals surface area contributed by atoms with Crippen molar-refractivity contribution >= 4 is 31.4 Å². The minimum absolute atomic E-state index is 0.0141. The number of hydrogen-bond donors (Lipinski definition) is 1. The van der Waals surface area contributed by atoms with Crippen molar-refractivity contribution in [1.29, 1.82) is 0 Å². The average molecular weight is 396 g/mol. The van der Waals surface area contributed by atoms with E-state index in [4.69, 9.17) is 4.74 Å². The number of methoxy groups -OCH3 is 1. The Hall–Kier alpha value is -2.26. The highest BCUT2D eigenvalue weighted by atomic mass is 32.2. The largest absolute Gasteiger partial charge is 0.495 e. The number of ether oxygens (including phenoxy) is 1. The molecule has 9 heteroatoms. The lowest BCUT2D eigenvalue weighted by Gasteiger charge is -2.29. The highest BCUT2D eigenvalue weighted by Crippen LogP contribution is 2.33. The molecular formula is C17H20N2O5S2. The van der Waals surface area contributed by atoms with E-state index >= 15 is 0 Å². The van der Waals surface area contributed by atoms with Crippen LogP contribution in [0, 0.1) is 0 Å². The van der Waals surface area contributed by atoms with Crippen molar-refractivity contribution in [2.75, 3.05) is 28.9 Å². The summed E-state index contributed by atoms with van der Waals surface area (Å²) in [6.07, 6.45) is 2.63. The van der Waals surface area contributed by atoms with E-state index in [0.717, 1.165) is 24.7 Å². The van der Waals surface area contributed by atoms with Crippen LogP contribution in [-0.4, -0.2) is 36.7 Å². The fraction of sp³-hybridized carbons (Fsp3) is 0.294. The number of rotatable bonds is 5. The molecule has 0 fully saturated rings. The quantitative estimate of drug-likeness (QED) is 0.836. The van der Waals surface area contributed by atoms with Crippen molar-refractivity contribution in [3.05, 3.63) is 48.0 Å². The van der Waals surface area contributed by atoms with Gasteiger partial charge in [0.2, 0.25) is 10.0 Å². The summed E-state index contributed by atoms with van der Waals surface area (Å²) in [5.74, 6) is 0.232. The van der Waals surface area contributed by atoms with Gasteiger partial charge in [0.15, 0.2) is 0 Å². The van der Waals surface area contributed by atoms with Gasteiger partial charge in [0.05, 0.1) is 24.7 Å². The molecule has 0 aliphatic carbocycles. The first-order valence-corrected chi connectivity index (χ1v) is 11.3. The van der Waals surface area contributed by atoms with Crippen LogP contribution in [0.4, 0.5) is 11.4 Å². The number of anilines is 2. The average Bonchev–Trinajstić information content (AvgIpc) is 2.60. The molecule has 0 radical (unpaired) electrons. The van der Waals surface area contributed by atoms with E-state index in [-0.39, 0.29) is 10.6 Å². The Morgan fingerprint density at radius 3 is 2.50 bits per heavy atom. The number of hydrogen-bond acceptors (Lipinski definition) is 5. The molecule has 2 aromatic rings. The summed E-state index contributed by atoms with van der Waals surface area (Å²) < 4.78 is 58.4. The predicted molar refractivity (Wildman–Crippen MR) is 101 cm³/mol. The topological polar surface area (TPSA) is 92.8 Å². The van der Waals surface area contributed by atoms with Gasteiger partial charge in [0, 0.05) is 6.54 Å². The highest BCUT2D eigenvalue weighted by Gasteiger charge is 2.25. The molecule has 0 spiro atoms. The number of aryl methyl sites for hydroxylation is 1. The Bertz CT molecular complexity index is 1030. The summed E-state index contributed by atoms with van der Waals surface area (Å²) in [4.78, 5) is 0.0141. The fourth-order valence-electron chi connectivity index (χ4n) is 3.00. The second-order valence-electron chi connectivity index (χ2n) is 6.04. The van der Waals surface area contributed by atoms with Crippen molar-refractivity contribution in [2.45, 2.75) is 17.7 Å². The molecule has 0 aromatic heterocycles. The first kappa shape index (κ1) is 18.5. The van der Waals surface area contributed by atoms with Gasteiger partial charge in [-0.05, 0) is 42.7 Å². The van der Waals surface area contributed by atoms with Gasteiger partial charge >= 0.3 is 0 Å². The van der Waals surface area contributed by atoms with Gasteiger partial charge in [-0.25, -0.2) is 16.8 Å². The molecule has 0 amide bonds. The first-order chi connectivity index (χ1) is 12.2. The number of sulfonamides is 2. The molecule has 0 saturated carbocycles. The molecule has 1 N–H and O–H groups in total. The van der Waals surface area contributed by atoms with E-state index in [9.17, 15) is 16.8 Å². The van der Waals surface area contributed by atoms with Gasteiger partial charge in [-0.15, -0.1) is 0 Å². The molecule has 1 aliphatic rings. The van der Waals surface area contributed by atoms with Crippen LogP contribution in [0.25, 0.3) is 0 Å². The molecule has 2 aromatic carbocycles. The third kappa shape index (κ3) is 3.63. The van der Waals surface area contributed by atoms with E-state index in [0.29, 0.717) is 17.9 Å². The molecule has 1 aliphatic heterocycles. The molecule has 0 saturated heterocycles. The molecule has 0 atom stereocenters. The van der Waals surface area contributed by atoms with Crippen LogP contribution in [0.5, 0.6) is 5.75 Å². The number of nitrogens with zero attached hydrogens (tertiary/aromatic N) is 1. The Balaban J connectivity index is 1.99. The first-order valence-electron chi connectivity index (χ1n) is 7.99. The number of para-hydroxylation sites is 1. The van der Waals surface area contributed by atoms with Gasteiger partial charge in [-0.2, -0.15) is 0 Å². The van der Waals surface area contributed by atoms with E-state index in [1.807, 2.05) is 0 Å². The van der Waals surface area contributed by atoms with E-state index < -0.39 is 20.0 Å². The molecule has 26 heavy (non-hydrogen) atoms. The molecule has 0 unspecified atom stereocenters. The number of benzene rings is 2. The maximum absolute atomic E-state index is 12.7. The van der Waals surface area contributed by atoms with Crippen molar-refractivity contribution in [3.63, 3.8) is 0 Å². The summed E-state index contributed by atoms with van der Waals surface area (Å²) in [6, 6.07) is 11.2. The highest BCUT2D eigenvalue weighted by molar-refractivity contribution is 7.93. The molecular weight excluding hydrogens is 376 g/mol. The van der Waals surface area contributed by atoms with Crippen molar-refractivity contribution in [2.24, 2.45) is 0 Å². The lowest BCUT2D eigenvalue weighted by atomic mass is 10.0. The van der Waals surface area contributed by atoms with Crippen molar-refractivity contribution in [1.82, 2.24) is 0 Å². The molecule has 0 bridgehead atoms. The van der Waals surface area contributed by atoms with Crippen molar-refractivity contribution in [3.8, 4) is 5.75 Å². The minimum Gasteiger partial charge on any atom is -0.495 e. The standard InChI is InChI=1S/C17H20N2O5S2/c1-24-16-7-3-4-8-17(16)26(22,23)18-14-10-9-13-6-5-11-19(15(13)12-14)25(2,20)21/h3-4,7-10,12,18H,5-6,11H2,1-2H3. The zero-order valence-corrected chi connectivity index (χ0v) is 16.1. The van der Waals surface area contributed by atoms with Crippen LogP contribution < -0.4 is 13.8 Å². The van der Waals surface area contributed by atoms with Crippen LogP contribution in [0.1, 0.15) is 12.0 Å². The van der Waals surface area contributed by atoms with Gasteiger partial charge in [-0.3, -0.25) is 9.03 Å². The van der Waals surface area contributed by atoms with Gasteiger partial charge in [-0.1, -0.05) is 18.2 Å². The Kier molecular flexibility index (Phi) is 4.85. The normalized spacial score (nSPS) is 14.6. The Labute approximate surface area is 153 Å². The van der Waals surface area contributed by atoms with E-state index in [2.05, 4.69) is 4.72 Å². The lowest BCUT2D eigenvalue weighted by molar-refractivity contribution is 0.403. The van der Waals surface area contributed by atoms with Crippen LogP contribution >= 0.6 is 0 Å². The van der Waals surface area contributed by atoms with Gasteiger partial charge in [0.25, 0.3) is 10.0 Å².